The van der Waals surface area contributed by atoms with Gasteiger partial charge in [-0.2, -0.15) is 0 Å². The molecule has 0 saturated carbocycles. The maximum atomic E-state index is 13.5. The van der Waals surface area contributed by atoms with Gasteiger partial charge in [-0.15, -0.1) is 0 Å². The molecule has 5 nitrogen and oxygen atoms in total. The van der Waals surface area contributed by atoms with Gasteiger partial charge in [-0.05, 0) is 18.2 Å². The Morgan fingerprint density at radius 1 is 1.35 bits per heavy atom. The van der Waals surface area contributed by atoms with Crippen LogP contribution in [0.25, 0.3) is 0 Å². The zero-order valence-corrected chi connectivity index (χ0v) is 11.3. The van der Waals surface area contributed by atoms with Gasteiger partial charge in [0.25, 0.3) is 10.0 Å². The standard InChI is InChI=1S/C12H12F2N2O3S/c1-16-6-9(5-8(16)7-17)20(18,19)15-11-4-2-3-10(13)12(11)14/h2-6,15,17H,7H2,1H3. The maximum absolute atomic E-state index is 13.5. The third-order valence-electron chi connectivity index (χ3n) is 2.75. The highest BCUT2D eigenvalue weighted by atomic mass is 32.2. The van der Waals surface area contributed by atoms with Gasteiger partial charge in [-0.3, -0.25) is 4.72 Å². The van der Waals surface area contributed by atoms with Crippen LogP contribution in [0.2, 0.25) is 0 Å². The van der Waals surface area contributed by atoms with E-state index in [1.807, 2.05) is 4.72 Å². The van der Waals surface area contributed by atoms with E-state index < -0.39 is 27.3 Å². The molecule has 8 heteroatoms. The summed E-state index contributed by atoms with van der Waals surface area (Å²) >= 11 is 0. The molecule has 2 aromatic rings. The monoisotopic (exact) mass is 302 g/mol. The lowest BCUT2D eigenvalue weighted by molar-refractivity contribution is 0.272. The number of hydrogen-bond acceptors (Lipinski definition) is 3. The van der Waals surface area contributed by atoms with Crippen LogP contribution < -0.4 is 4.72 Å². The SMILES string of the molecule is Cn1cc(S(=O)(=O)Nc2cccc(F)c2F)cc1CO. The van der Waals surface area contributed by atoms with E-state index in [0.717, 1.165) is 12.1 Å². The largest absolute Gasteiger partial charge is 0.390 e. The molecule has 0 aliphatic heterocycles. The number of halogens is 2. The fourth-order valence-corrected chi connectivity index (χ4v) is 2.82. The van der Waals surface area contributed by atoms with Gasteiger partial charge in [0.1, 0.15) is 4.90 Å². The van der Waals surface area contributed by atoms with Gasteiger partial charge < -0.3 is 9.67 Å². The molecule has 0 fully saturated rings. The second kappa shape index (κ2) is 5.22. The van der Waals surface area contributed by atoms with E-state index in [-0.39, 0.29) is 11.5 Å². The first-order valence-electron chi connectivity index (χ1n) is 5.58. The second-order valence-electron chi connectivity index (χ2n) is 4.14. The average Bonchev–Trinajstić information content (AvgIpc) is 2.77. The number of aromatic nitrogens is 1. The van der Waals surface area contributed by atoms with Crippen LogP contribution in [-0.2, 0) is 23.7 Å². The lowest BCUT2D eigenvalue weighted by atomic mass is 10.3. The summed E-state index contributed by atoms with van der Waals surface area (Å²) in [6.07, 6.45) is 1.27. The van der Waals surface area contributed by atoms with Gasteiger partial charge >= 0.3 is 0 Å². The van der Waals surface area contributed by atoms with E-state index in [9.17, 15) is 17.2 Å². The second-order valence-corrected chi connectivity index (χ2v) is 5.83. The van der Waals surface area contributed by atoms with Gasteiger partial charge in [0, 0.05) is 18.9 Å². The fraction of sp³-hybridized carbons (Fsp3) is 0.167. The Hall–Kier alpha value is -1.93. The molecule has 1 aromatic heterocycles. The Balaban J connectivity index is 2.38. The van der Waals surface area contributed by atoms with Crippen molar-refractivity contribution < 1.29 is 22.3 Å². The maximum Gasteiger partial charge on any atom is 0.263 e. The van der Waals surface area contributed by atoms with Crippen molar-refractivity contribution in [3.05, 3.63) is 47.8 Å². The molecule has 0 aliphatic carbocycles. The Bertz CT molecular complexity index is 741. The molecule has 20 heavy (non-hydrogen) atoms. The van der Waals surface area contributed by atoms with Crippen LogP contribution in [0.5, 0.6) is 0 Å². The summed E-state index contributed by atoms with van der Waals surface area (Å²) in [6.45, 7) is -0.333. The molecular formula is C12H12F2N2O3S. The summed E-state index contributed by atoms with van der Waals surface area (Å²) in [7, 11) is -2.49. The van der Waals surface area contributed by atoms with Crippen LogP contribution in [0, 0.1) is 11.6 Å². The van der Waals surface area contributed by atoms with Gasteiger partial charge in [0.05, 0.1) is 12.3 Å². The topological polar surface area (TPSA) is 71.3 Å². The van der Waals surface area contributed by atoms with Crippen molar-refractivity contribution in [2.75, 3.05) is 4.72 Å². The van der Waals surface area contributed by atoms with Gasteiger partial charge in [0.2, 0.25) is 0 Å². The van der Waals surface area contributed by atoms with Crippen LogP contribution in [0.3, 0.4) is 0 Å². The third-order valence-corrected chi connectivity index (χ3v) is 4.08. The molecule has 2 N–H and O–H groups in total. The zero-order valence-electron chi connectivity index (χ0n) is 10.5. The molecule has 0 amide bonds. The van der Waals surface area contributed by atoms with Gasteiger partial charge in [0.15, 0.2) is 11.6 Å². The van der Waals surface area contributed by atoms with Crippen LogP contribution in [0.4, 0.5) is 14.5 Å². The highest BCUT2D eigenvalue weighted by Crippen LogP contribution is 2.22. The van der Waals surface area contributed by atoms with Crippen LogP contribution in [-0.4, -0.2) is 18.1 Å². The summed E-state index contributed by atoms with van der Waals surface area (Å²) in [4.78, 5) is -0.146. The molecular weight excluding hydrogens is 290 g/mol. The molecule has 0 aliphatic rings. The summed E-state index contributed by atoms with van der Waals surface area (Å²) in [5.74, 6) is -2.41. The van der Waals surface area contributed by atoms with Crippen LogP contribution in [0.1, 0.15) is 5.69 Å². The molecule has 1 aromatic carbocycles. The summed E-state index contributed by atoms with van der Waals surface area (Å²) in [6, 6.07) is 4.45. The molecule has 108 valence electrons. The number of hydrogen-bond donors (Lipinski definition) is 2. The van der Waals surface area contributed by atoms with E-state index >= 15 is 0 Å². The molecule has 0 radical (unpaired) electrons. The van der Waals surface area contributed by atoms with Gasteiger partial charge in [-0.1, -0.05) is 6.07 Å². The zero-order chi connectivity index (χ0) is 14.9. The minimum absolute atomic E-state index is 0.146. The minimum Gasteiger partial charge on any atom is -0.390 e. The number of aliphatic hydroxyl groups excluding tert-OH is 1. The number of nitrogens with zero attached hydrogens (tertiary/aromatic N) is 1. The number of benzene rings is 1. The van der Waals surface area contributed by atoms with E-state index in [0.29, 0.717) is 5.69 Å². The van der Waals surface area contributed by atoms with Crippen molar-refractivity contribution in [3.63, 3.8) is 0 Å². The number of aliphatic hydroxyl groups is 1. The molecule has 0 unspecified atom stereocenters. The molecule has 0 saturated heterocycles. The first-order valence-corrected chi connectivity index (χ1v) is 7.06. The first kappa shape index (κ1) is 14.5. The predicted octanol–water partition coefficient (Wildman–Crippen LogP) is 1.60. The van der Waals surface area contributed by atoms with Crippen molar-refractivity contribution in [2.45, 2.75) is 11.5 Å². The summed E-state index contributed by atoms with van der Waals surface area (Å²) in [5, 5.41) is 9.02. The number of sulfonamides is 1. The molecule has 0 bridgehead atoms. The van der Waals surface area contributed by atoms with E-state index in [2.05, 4.69) is 0 Å². The van der Waals surface area contributed by atoms with Crippen molar-refractivity contribution in [1.29, 1.82) is 0 Å². The fourth-order valence-electron chi connectivity index (χ4n) is 1.67. The first-order chi connectivity index (χ1) is 9.35. The van der Waals surface area contributed by atoms with Crippen LogP contribution >= 0.6 is 0 Å². The van der Waals surface area contributed by atoms with Gasteiger partial charge in [-0.25, -0.2) is 17.2 Å². The van der Waals surface area contributed by atoms with Crippen LogP contribution in [0.15, 0.2) is 35.4 Å². The Labute approximate surface area is 114 Å². The average molecular weight is 302 g/mol. The molecule has 0 spiro atoms. The van der Waals surface area contributed by atoms with E-state index in [4.69, 9.17) is 5.11 Å². The molecule has 0 atom stereocenters. The molecule has 1 heterocycles. The van der Waals surface area contributed by atoms with Crippen molar-refractivity contribution in [3.8, 4) is 0 Å². The minimum atomic E-state index is -4.05. The number of anilines is 1. The lowest BCUT2D eigenvalue weighted by Crippen LogP contribution is -2.13. The Morgan fingerprint density at radius 3 is 2.65 bits per heavy atom. The number of nitrogens with one attached hydrogen (secondary N) is 1. The summed E-state index contributed by atoms with van der Waals surface area (Å²) < 4.78 is 54.0. The third kappa shape index (κ3) is 2.66. The van der Waals surface area contributed by atoms with E-state index in [1.54, 1.807) is 7.05 Å². The summed E-state index contributed by atoms with van der Waals surface area (Å²) in [5.41, 5.74) is -0.0931. The lowest BCUT2D eigenvalue weighted by Gasteiger charge is -2.07. The quantitative estimate of drug-likeness (QED) is 0.901. The smallest absolute Gasteiger partial charge is 0.263 e. The highest BCUT2D eigenvalue weighted by molar-refractivity contribution is 7.92. The highest BCUT2D eigenvalue weighted by Gasteiger charge is 2.20. The normalized spacial score (nSPS) is 11.6. The number of aryl methyl sites for hydroxylation is 1. The van der Waals surface area contributed by atoms with Crippen molar-refractivity contribution >= 4 is 15.7 Å². The van der Waals surface area contributed by atoms with E-state index in [1.165, 1.54) is 22.9 Å². The Kier molecular flexibility index (Phi) is 3.78. The Morgan fingerprint density at radius 2 is 2.05 bits per heavy atom. The van der Waals surface area contributed by atoms with Crippen molar-refractivity contribution in [1.82, 2.24) is 4.57 Å². The molecule has 2 rings (SSSR count). The van der Waals surface area contributed by atoms with Crippen molar-refractivity contribution in [2.24, 2.45) is 7.05 Å². The predicted molar refractivity (Wildman–Crippen MR) is 68.5 cm³/mol. The number of rotatable bonds is 4.